The molecule has 9 nitrogen and oxygen atoms in total. The summed E-state index contributed by atoms with van der Waals surface area (Å²) in [6.45, 7) is -0.172. The second-order valence-corrected chi connectivity index (χ2v) is 8.58. The van der Waals surface area contributed by atoms with Gasteiger partial charge in [0.25, 0.3) is 5.91 Å². The number of esters is 1. The predicted molar refractivity (Wildman–Crippen MR) is 128 cm³/mol. The van der Waals surface area contributed by atoms with Gasteiger partial charge in [-0.3, -0.25) is 15.0 Å². The van der Waals surface area contributed by atoms with Crippen LogP contribution in [0.1, 0.15) is 27.0 Å². The fraction of sp³-hybridized carbons (Fsp3) is 0.154. The molecule has 0 bridgehead atoms. The van der Waals surface area contributed by atoms with E-state index in [0.717, 1.165) is 4.90 Å². The van der Waals surface area contributed by atoms with Crippen molar-refractivity contribution in [3.05, 3.63) is 95.1 Å². The number of carbonyl (C=O) groups excluding carboxylic acids is 2. The van der Waals surface area contributed by atoms with Crippen molar-refractivity contribution in [3.8, 4) is 0 Å². The summed E-state index contributed by atoms with van der Waals surface area (Å²) in [5, 5.41) is 11.2. The molecule has 4 aromatic rings. The lowest BCUT2D eigenvalue weighted by molar-refractivity contribution is -0.222. The standard InChI is InChI=1S/C26H19F3N4O5/c1-32-20-13-16(11-12-19(20)30-23(32)31-24(36)37)25(38-22(35)26(27,28)29)18-10-6-5-9-17(18)21(34)33(25)14-15-7-3-2-4-8-15/h2-13H,14H2,1H3,(H,30,31)(H,36,37). The van der Waals surface area contributed by atoms with Crippen molar-refractivity contribution >= 4 is 35.0 Å². The van der Waals surface area contributed by atoms with Crippen LogP contribution >= 0.6 is 0 Å². The van der Waals surface area contributed by atoms with Gasteiger partial charge >= 0.3 is 18.2 Å². The van der Waals surface area contributed by atoms with E-state index < -0.39 is 29.9 Å². The highest BCUT2D eigenvalue weighted by atomic mass is 19.4. The number of alkyl halides is 3. The van der Waals surface area contributed by atoms with Crippen LogP contribution in [-0.2, 0) is 28.8 Å². The lowest BCUT2D eigenvalue weighted by atomic mass is 9.92. The number of hydrogen-bond acceptors (Lipinski definition) is 5. The molecule has 0 spiro atoms. The Kier molecular flexibility index (Phi) is 5.81. The van der Waals surface area contributed by atoms with E-state index in [2.05, 4.69) is 10.3 Å². The van der Waals surface area contributed by atoms with Gasteiger partial charge in [-0.2, -0.15) is 13.2 Å². The first kappa shape index (κ1) is 24.8. The van der Waals surface area contributed by atoms with Crippen molar-refractivity contribution in [3.63, 3.8) is 0 Å². The van der Waals surface area contributed by atoms with Crippen molar-refractivity contribution in [1.82, 2.24) is 14.5 Å². The van der Waals surface area contributed by atoms with E-state index in [4.69, 9.17) is 9.84 Å². The van der Waals surface area contributed by atoms with E-state index in [1.807, 2.05) is 0 Å². The van der Waals surface area contributed by atoms with Gasteiger partial charge < -0.3 is 14.4 Å². The first-order valence-corrected chi connectivity index (χ1v) is 11.2. The monoisotopic (exact) mass is 524 g/mol. The van der Waals surface area contributed by atoms with Gasteiger partial charge in [-0.25, -0.2) is 14.6 Å². The number of carbonyl (C=O) groups is 3. The Balaban J connectivity index is 1.77. The Hall–Kier alpha value is -4.87. The van der Waals surface area contributed by atoms with Gasteiger partial charge in [0, 0.05) is 23.7 Å². The molecule has 1 aliphatic heterocycles. The van der Waals surface area contributed by atoms with Crippen molar-refractivity contribution in [2.24, 2.45) is 7.05 Å². The van der Waals surface area contributed by atoms with Crippen LogP contribution in [0.15, 0.2) is 72.8 Å². The minimum absolute atomic E-state index is 0.0324. The average Bonchev–Trinajstić information content (AvgIpc) is 3.31. The summed E-state index contributed by atoms with van der Waals surface area (Å²) in [4.78, 5) is 42.5. The maximum atomic E-state index is 13.6. The van der Waals surface area contributed by atoms with E-state index in [-0.39, 0.29) is 29.2 Å². The number of amides is 2. The highest BCUT2D eigenvalue weighted by Crippen LogP contribution is 2.47. The van der Waals surface area contributed by atoms with Crippen molar-refractivity contribution in [1.29, 1.82) is 0 Å². The molecule has 5 rings (SSSR count). The molecular formula is C26H19F3N4O5. The quantitative estimate of drug-likeness (QED) is 0.368. The number of anilines is 1. The van der Waals surface area contributed by atoms with Crippen molar-refractivity contribution < 1.29 is 37.4 Å². The predicted octanol–water partition coefficient (Wildman–Crippen LogP) is 4.63. The highest BCUT2D eigenvalue weighted by molar-refractivity contribution is 6.01. The van der Waals surface area contributed by atoms with Crippen LogP contribution in [0.5, 0.6) is 0 Å². The molecule has 1 aromatic heterocycles. The second-order valence-electron chi connectivity index (χ2n) is 8.58. The number of carboxylic acid groups (broad SMARTS) is 1. The summed E-state index contributed by atoms with van der Waals surface area (Å²) < 4.78 is 47.5. The second kappa shape index (κ2) is 8.91. The number of imidazole rings is 1. The zero-order valence-corrected chi connectivity index (χ0v) is 19.7. The minimum Gasteiger partial charge on any atom is -0.465 e. The molecule has 38 heavy (non-hydrogen) atoms. The third kappa shape index (κ3) is 3.99. The third-order valence-electron chi connectivity index (χ3n) is 6.29. The molecule has 2 N–H and O–H groups in total. The van der Waals surface area contributed by atoms with Gasteiger partial charge in [-0.15, -0.1) is 0 Å². The number of halogens is 3. The lowest BCUT2D eigenvalue weighted by Crippen LogP contribution is -2.49. The van der Waals surface area contributed by atoms with Gasteiger partial charge in [0.05, 0.1) is 17.6 Å². The fourth-order valence-corrected chi connectivity index (χ4v) is 4.63. The van der Waals surface area contributed by atoms with Crippen LogP contribution in [-0.4, -0.2) is 43.7 Å². The summed E-state index contributed by atoms with van der Waals surface area (Å²) >= 11 is 0. The molecular weight excluding hydrogens is 505 g/mol. The number of hydrogen-bond donors (Lipinski definition) is 2. The normalized spacial score (nSPS) is 16.9. The summed E-state index contributed by atoms with van der Waals surface area (Å²) in [6.07, 6.45) is -6.70. The smallest absolute Gasteiger partial charge is 0.465 e. The number of nitrogens with one attached hydrogen (secondary N) is 1. The first-order chi connectivity index (χ1) is 18.0. The SMILES string of the molecule is Cn1c(NC(=O)O)nc2ccc(C3(OC(=O)C(F)(F)F)c4ccccc4C(=O)N3Cc3ccccc3)cc21. The number of nitrogens with zero attached hydrogens (tertiary/aromatic N) is 3. The molecule has 0 fully saturated rings. The molecule has 0 radical (unpaired) electrons. The fourth-order valence-electron chi connectivity index (χ4n) is 4.63. The molecule has 0 aliphatic carbocycles. The topological polar surface area (TPSA) is 114 Å². The summed E-state index contributed by atoms with van der Waals surface area (Å²) in [6, 6.07) is 18.8. The summed E-state index contributed by atoms with van der Waals surface area (Å²) in [5.41, 5.74) is -0.859. The largest absolute Gasteiger partial charge is 0.491 e. The first-order valence-electron chi connectivity index (χ1n) is 11.2. The number of aryl methyl sites for hydroxylation is 1. The Morgan fingerprint density at radius 3 is 2.42 bits per heavy atom. The molecule has 1 unspecified atom stereocenters. The van der Waals surface area contributed by atoms with Gasteiger partial charge in [0.15, 0.2) is 0 Å². The summed E-state index contributed by atoms with van der Waals surface area (Å²) in [5.74, 6) is -3.13. The van der Waals surface area contributed by atoms with Gasteiger partial charge in [-0.05, 0) is 23.8 Å². The number of fused-ring (bicyclic) bond motifs is 2. The van der Waals surface area contributed by atoms with Crippen LogP contribution in [0.4, 0.5) is 23.9 Å². The van der Waals surface area contributed by atoms with E-state index in [1.165, 1.54) is 48.0 Å². The lowest BCUT2D eigenvalue weighted by Gasteiger charge is -2.39. The number of aromatic nitrogens is 2. The minimum atomic E-state index is -5.35. The molecule has 194 valence electrons. The van der Waals surface area contributed by atoms with Gasteiger partial charge in [0.1, 0.15) is 0 Å². The van der Waals surface area contributed by atoms with Crippen LogP contribution in [0.2, 0.25) is 0 Å². The van der Waals surface area contributed by atoms with Gasteiger partial charge in [0.2, 0.25) is 11.7 Å². The van der Waals surface area contributed by atoms with Crippen LogP contribution < -0.4 is 5.32 Å². The van der Waals surface area contributed by atoms with E-state index in [9.17, 15) is 27.6 Å². The Bertz CT molecular complexity index is 1590. The highest BCUT2D eigenvalue weighted by Gasteiger charge is 2.57. The number of benzene rings is 3. The molecule has 0 saturated heterocycles. The molecule has 1 aliphatic rings. The number of rotatable bonds is 5. The Morgan fingerprint density at radius 2 is 1.74 bits per heavy atom. The third-order valence-corrected chi connectivity index (χ3v) is 6.29. The average molecular weight is 524 g/mol. The molecule has 1 atom stereocenters. The zero-order valence-electron chi connectivity index (χ0n) is 19.7. The van der Waals surface area contributed by atoms with E-state index in [0.29, 0.717) is 16.6 Å². The maximum Gasteiger partial charge on any atom is 0.491 e. The van der Waals surface area contributed by atoms with Crippen LogP contribution in [0.25, 0.3) is 11.0 Å². The van der Waals surface area contributed by atoms with Crippen molar-refractivity contribution in [2.45, 2.75) is 18.4 Å². The molecule has 3 aromatic carbocycles. The van der Waals surface area contributed by atoms with E-state index >= 15 is 0 Å². The molecule has 2 heterocycles. The number of ether oxygens (including phenoxy) is 1. The molecule has 2 amide bonds. The Labute approximate surface area is 213 Å². The van der Waals surface area contributed by atoms with Gasteiger partial charge in [-0.1, -0.05) is 54.6 Å². The van der Waals surface area contributed by atoms with Crippen molar-refractivity contribution in [2.75, 3.05) is 5.32 Å². The Morgan fingerprint density at radius 1 is 1.05 bits per heavy atom. The summed E-state index contributed by atoms with van der Waals surface area (Å²) in [7, 11) is 1.51. The van der Waals surface area contributed by atoms with Crippen LogP contribution in [0.3, 0.4) is 0 Å². The molecule has 12 heteroatoms. The maximum absolute atomic E-state index is 13.6. The molecule has 0 saturated carbocycles. The van der Waals surface area contributed by atoms with Crippen LogP contribution in [0, 0.1) is 0 Å². The van der Waals surface area contributed by atoms with E-state index in [1.54, 1.807) is 36.4 Å². The zero-order chi connectivity index (χ0) is 27.2.